The number of quaternary nitrogens is 1. The first-order chi connectivity index (χ1) is 9.48. The number of sulfone groups is 1. The van der Waals surface area contributed by atoms with Gasteiger partial charge in [-0.25, -0.2) is 18.4 Å². The summed E-state index contributed by atoms with van der Waals surface area (Å²) in [6.07, 6.45) is 3.98. The lowest BCUT2D eigenvalue weighted by Gasteiger charge is -2.45. The molecular formula is C14H22ClN3O2S. The van der Waals surface area contributed by atoms with Crippen LogP contribution in [0, 0.1) is 6.92 Å². The summed E-state index contributed by atoms with van der Waals surface area (Å²) in [4.78, 5) is 8.95. The lowest BCUT2D eigenvalue weighted by molar-refractivity contribution is -0.929. The fourth-order valence-electron chi connectivity index (χ4n) is 3.37. The van der Waals surface area contributed by atoms with E-state index in [1.54, 1.807) is 0 Å². The van der Waals surface area contributed by atoms with Crippen molar-refractivity contribution in [1.82, 2.24) is 9.97 Å². The predicted molar refractivity (Wildman–Crippen MR) is 77.1 cm³/mol. The topological polar surface area (TPSA) is 59.9 Å². The van der Waals surface area contributed by atoms with Gasteiger partial charge in [0.2, 0.25) is 0 Å². The number of nitrogens with zero attached hydrogens (tertiary/aromatic N) is 3. The number of piperidine rings is 1. The van der Waals surface area contributed by atoms with Gasteiger partial charge in [0.1, 0.15) is 5.82 Å². The Hall–Kier alpha value is -0.720. The van der Waals surface area contributed by atoms with E-state index in [-0.39, 0.29) is 12.4 Å². The Morgan fingerprint density at radius 3 is 2.33 bits per heavy atom. The van der Waals surface area contributed by atoms with E-state index < -0.39 is 9.84 Å². The molecule has 0 unspecified atom stereocenters. The Labute approximate surface area is 132 Å². The van der Waals surface area contributed by atoms with Gasteiger partial charge in [-0.15, -0.1) is 0 Å². The maximum absolute atomic E-state index is 11.6. The molecular weight excluding hydrogens is 310 g/mol. The van der Waals surface area contributed by atoms with Gasteiger partial charge >= 0.3 is 0 Å². The molecule has 21 heavy (non-hydrogen) atoms. The highest BCUT2D eigenvalue weighted by atomic mass is 35.5. The number of aromatic nitrogens is 2. The van der Waals surface area contributed by atoms with Crippen LogP contribution in [-0.2, 0) is 9.84 Å². The number of halogens is 1. The molecule has 0 atom stereocenters. The molecule has 0 radical (unpaired) electrons. The average molecular weight is 332 g/mol. The second-order valence-corrected chi connectivity index (χ2v) is 8.52. The molecule has 3 heterocycles. The van der Waals surface area contributed by atoms with Crippen LogP contribution in [0.5, 0.6) is 0 Å². The van der Waals surface area contributed by atoms with Crippen LogP contribution in [0.2, 0.25) is 0 Å². The monoisotopic (exact) mass is 331 g/mol. The highest BCUT2D eigenvalue weighted by molar-refractivity contribution is 7.91. The van der Waals surface area contributed by atoms with Crippen molar-refractivity contribution >= 4 is 9.84 Å². The zero-order chi connectivity index (χ0) is 14.2. The van der Waals surface area contributed by atoms with E-state index in [1.165, 1.54) is 0 Å². The Morgan fingerprint density at radius 2 is 1.76 bits per heavy atom. The number of aryl methyl sites for hydroxylation is 1. The number of hydrogen-bond acceptors (Lipinski definition) is 4. The summed E-state index contributed by atoms with van der Waals surface area (Å²) in [7, 11) is -2.77. The molecule has 0 aromatic carbocycles. The standard InChI is InChI=1S/C14H22N3O2S.ClH/c1-12-2-5-15-14(16-12)13-3-6-17(7-4-13)8-10-20(18,19)11-9-17;/h2,5,13H,3-4,6-11H2,1H3;1H/q+1;/p-1. The zero-order valence-corrected chi connectivity index (χ0v) is 13.9. The first-order valence-electron chi connectivity index (χ1n) is 7.33. The summed E-state index contributed by atoms with van der Waals surface area (Å²) < 4.78 is 24.1. The molecule has 1 spiro atoms. The van der Waals surface area contributed by atoms with Gasteiger partial charge in [-0.3, -0.25) is 0 Å². The minimum Gasteiger partial charge on any atom is -1.00 e. The minimum atomic E-state index is -2.77. The van der Waals surface area contributed by atoms with Gasteiger partial charge in [0.05, 0.1) is 37.7 Å². The number of hydrogen-bond donors (Lipinski definition) is 0. The third-order valence-electron chi connectivity index (χ3n) is 4.84. The van der Waals surface area contributed by atoms with Crippen LogP contribution in [0.25, 0.3) is 0 Å². The maximum atomic E-state index is 11.6. The Balaban J connectivity index is 0.00000161. The lowest BCUT2D eigenvalue weighted by atomic mass is 9.93. The van der Waals surface area contributed by atoms with Crippen LogP contribution in [0.15, 0.2) is 12.3 Å². The van der Waals surface area contributed by atoms with E-state index in [0.29, 0.717) is 17.4 Å². The molecule has 1 aromatic heterocycles. The molecule has 2 aliphatic rings. The fraction of sp³-hybridized carbons (Fsp3) is 0.714. The van der Waals surface area contributed by atoms with Crippen molar-refractivity contribution in [3.05, 3.63) is 23.8 Å². The molecule has 2 aliphatic heterocycles. The quantitative estimate of drug-likeness (QED) is 0.554. The summed E-state index contributed by atoms with van der Waals surface area (Å²) >= 11 is 0. The van der Waals surface area contributed by atoms with E-state index in [9.17, 15) is 8.42 Å². The SMILES string of the molecule is Cc1ccnc(C2CC[N+]3(CC2)CCS(=O)(=O)CC3)n1.[Cl-]. The van der Waals surface area contributed by atoms with Crippen LogP contribution in [0.4, 0.5) is 0 Å². The second kappa shape index (κ2) is 6.18. The van der Waals surface area contributed by atoms with Crippen molar-refractivity contribution < 1.29 is 25.3 Å². The fourth-order valence-corrected chi connectivity index (χ4v) is 4.90. The molecule has 5 nitrogen and oxygen atoms in total. The summed E-state index contributed by atoms with van der Waals surface area (Å²) in [6.45, 7) is 5.72. The smallest absolute Gasteiger partial charge is 0.161 e. The summed E-state index contributed by atoms with van der Waals surface area (Å²) in [5.41, 5.74) is 1.02. The molecule has 1 aromatic rings. The highest BCUT2D eigenvalue weighted by Crippen LogP contribution is 2.31. The third kappa shape index (κ3) is 3.73. The minimum absolute atomic E-state index is 0. The molecule has 0 saturated carbocycles. The van der Waals surface area contributed by atoms with Gasteiger partial charge in [0, 0.05) is 30.7 Å². The van der Waals surface area contributed by atoms with E-state index in [2.05, 4.69) is 9.97 Å². The molecule has 2 fully saturated rings. The van der Waals surface area contributed by atoms with Crippen LogP contribution in [-0.4, -0.2) is 60.6 Å². The van der Waals surface area contributed by atoms with Crippen molar-refractivity contribution in [2.45, 2.75) is 25.7 Å². The van der Waals surface area contributed by atoms with Crippen LogP contribution in [0.3, 0.4) is 0 Å². The zero-order valence-electron chi connectivity index (χ0n) is 12.3. The van der Waals surface area contributed by atoms with E-state index in [0.717, 1.165) is 55.0 Å². The van der Waals surface area contributed by atoms with Crippen LogP contribution < -0.4 is 12.4 Å². The van der Waals surface area contributed by atoms with Crippen LogP contribution >= 0.6 is 0 Å². The van der Waals surface area contributed by atoms with Gasteiger partial charge in [0.25, 0.3) is 0 Å². The van der Waals surface area contributed by atoms with Gasteiger partial charge < -0.3 is 16.9 Å². The third-order valence-corrected chi connectivity index (χ3v) is 6.44. The first-order valence-corrected chi connectivity index (χ1v) is 9.15. The van der Waals surface area contributed by atoms with Gasteiger partial charge in [-0.2, -0.15) is 0 Å². The first kappa shape index (κ1) is 16.6. The highest BCUT2D eigenvalue weighted by Gasteiger charge is 2.40. The summed E-state index contributed by atoms with van der Waals surface area (Å²) in [5, 5.41) is 0. The molecule has 3 rings (SSSR count). The average Bonchev–Trinajstić information content (AvgIpc) is 2.44. The van der Waals surface area contributed by atoms with Gasteiger partial charge in [0.15, 0.2) is 9.84 Å². The van der Waals surface area contributed by atoms with Crippen molar-refractivity contribution in [2.24, 2.45) is 0 Å². The molecule has 7 heteroatoms. The second-order valence-electron chi connectivity index (χ2n) is 6.22. The molecule has 0 amide bonds. The van der Waals surface area contributed by atoms with Crippen molar-refractivity contribution in [3.63, 3.8) is 0 Å². The largest absolute Gasteiger partial charge is 1.00 e. The van der Waals surface area contributed by atoms with E-state index in [1.807, 2.05) is 19.2 Å². The maximum Gasteiger partial charge on any atom is 0.161 e. The Morgan fingerprint density at radius 1 is 1.14 bits per heavy atom. The van der Waals surface area contributed by atoms with Crippen molar-refractivity contribution in [1.29, 1.82) is 0 Å². The number of rotatable bonds is 1. The van der Waals surface area contributed by atoms with Crippen molar-refractivity contribution in [3.8, 4) is 0 Å². The Bertz CT molecular complexity index is 582. The molecule has 118 valence electrons. The molecule has 0 N–H and O–H groups in total. The van der Waals surface area contributed by atoms with E-state index >= 15 is 0 Å². The van der Waals surface area contributed by atoms with Gasteiger partial charge in [-0.05, 0) is 13.0 Å². The van der Waals surface area contributed by atoms with Crippen LogP contribution in [0.1, 0.15) is 30.3 Å². The molecule has 0 bridgehead atoms. The van der Waals surface area contributed by atoms with Crippen molar-refractivity contribution in [2.75, 3.05) is 37.7 Å². The molecule has 2 saturated heterocycles. The normalized spacial score (nSPS) is 24.4. The van der Waals surface area contributed by atoms with Gasteiger partial charge in [-0.1, -0.05) is 0 Å². The Kier molecular flexibility index (Phi) is 4.90. The lowest BCUT2D eigenvalue weighted by Crippen LogP contribution is -3.00. The summed E-state index contributed by atoms with van der Waals surface area (Å²) in [6, 6.07) is 1.93. The predicted octanol–water partition coefficient (Wildman–Crippen LogP) is -2.09. The summed E-state index contributed by atoms with van der Waals surface area (Å²) in [5.74, 6) is 2.13. The molecule has 0 aliphatic carbocycles. The van der Waals surface area contributed by atoms with E-state index in [4.69, 9.17) is 0 Å².